The number of aliphatic imine (C=N–C) groups is 1. The van der Waals surface area contributed by atoms with E-state index < -0.39 is 6.04 Å². The van der Waals surface area contributed by atoms with Crippen molar-refractivity contribution in [2.45, 2.75) is 46.6 Å². The van der Waals surface area contributed by atoms with E-state index in [4.69, 9.17) is 31.1 Å². The van der Waals surface area contributed by atoms with Crippen molar-refractivity contribution in [1.82, 2.24) is 44.9 Å². The summed E-state index contributed by atoms with van der Waals surface area (Å²) >= 11 is 7.89. The highest BCUT2D eigenvalue weighted by Crippen LogP contribution is 2.39. The van der Waals surface area contributed by atoms with Crippen LogP contribution in [0.1, 0.15) is 68.8 Å². The van der Waals surface area contributed by atoms with Gasteiger partial charge in [0.25, 0.3) is 5.91 Å². The second-order valence-corrected chi connectivity index (χ2v) is 15.8. The summed E-state index contributed by atoms with van der Waals surface area (Å²) in [7, 11) is 0. The molecule has 0 spiro atoms. The first kappa shape index (κ1) is 39.9. The van der Waals surface area contributed by atoms with Crippen molar-refractivity contribution in [1.29, 1.82) is 0 Å². The van der Waals surface area contributed by atoms with Crippen LogP contribution in [0.3, 0.4) is 0 Å². The number of benzene rings is 3. The normalized spacial score (nSPS) is 13.6. The Morgan fingerprint density at radius 3 is 2.39 bits per heavy atom. The van der Waals surface area contributed by atoms with Gasteiger partial charge < -0.3 is 30.1 Å². The molecule has 1 aliphatic rings. The first-order valence-corrected chi connectivity index (χ1v) is 20.6. The molecule has 4 aromatic heterocycles. The molecular weight excluding hydrogens is 792 g/mol. The molecule has 0 saturated heterocycles. The number of imidazole rings is 2. The third-order valence-electron chi connectivity index (χ3n) is 10.3. The molecule has 3 aromatic carbocycles. The number of amides is 2. The molecule has 0 fully saturated rings. The third-order valence-corrected chi connectivity index (χ3v) is 11.7. The van der Waals surface area contributed by atoms with E-state index >= 15 is 0 Å². The van der Waals surface area contributed by atoms with Gasteiger partial charge >= 0.3 is 5.69 Å². The van der Waals surface area contributed by atoms with Gasteiger partial charge in [-0.2, -0.15) is 0 Å². The van der Waals surface area contributed by atoms with E-state index in [-0.39, 0.29) is 23.9 Å². The fourth-order valence-corrected chi connectivity index (χ4v) is 8.60. The molecule has 0 radical (unpaired) electrons. The number of aromatic amines is 2. The maximum absolute atomic E-state index is 13.2. The summed E-state index contributed by atoms with van der Waals surface area (Å²) in [4.78, 5) is 54.7. The Balaban J connectivity index is 0.784. The monoisotopic (exact) mass is 834 g/mol. The van der Waals surface area contributed by atoms with Crippen LogP contribution in [0.25, 0.3) is 32.8 Å². The lowest BCUT2D eigenvalue weighted by Crippen LogP contribution is -2.29. The van der Waals surface area contributed by atoms with E-state index in [1.807, 2.05) is 71.5 Å². The largest absolute Gasteiger partial charge is 0.377 e. The molecule has 7 aromatic rings. The lowest BCUT2D eigenvalue weighted by Gasteiger charge is -2.13. The van der Waals surface area contributed by atoms with Gasteiger partial charge in [0.2, 0.25) is 5.91 Å². The van der Waals surface area contributed by atoms with Crippen LogP contribution in [0.4, 0.5) is 0 Å². The number of ether oxygens (including phenoxy) is 2. The molecule has 0 aliphatic carbocycles. The second kappa shape index (κ2) is 17.1. The second-order valence-electron chi connectivity index (χ2n) is 14.2. The van der Waals surface area contributed by atoms with Crippen molar-refractivity contribution in [3.8, 4) is 10.7 Å². The predicted octanol–water partition coefficient (Wildman–Crippen LogP) is 5.84. The van der Waals surface area contributed by atoms with Crippen molar-refractivity contribution in [2.24, 2.45) is 4.99 Å². The van der Waals surface area contributed by atoms with E-state index in [0.717, 1.165) is 55.8 Å². The molecule has 1 aliphatic heterocycles. The first-order chi connectivity index (χ1) is 28.6. The topological polar surface area (TPSA) is 186 Å². The minimum absolute atomic E-state index is 0.0864. The standard InChI is InChI=1S/C42H43ClN10O5S/c1-5-35-46-32-20-27(8-13-34(32)53(35)29-11-12-30-31(21-29)49-42(56)48-30)40(55)45-15-17-58-19-18-57-16-14-44-36(54)22-33-39-51-50-25(4)52(39)41-37(23(2)24(3)59-41)38(47-33)26-6-9-28(43)10-7-26/h6-13,20-21,33H,5,14-19,22H2,1-4H3,(H,44,54)(H,45,55)(H2,48,49,56). The number of rotatable bonds is 15. The maximum Gasteiger partial charge on any atom is 0.323 e. The highest BCUT2D eigenvalue weighted by molar-refractivity contribution is 7.15. The molecule has 5 heterocycles. The van der Waals surface area contributed by atoms with Crippen LogP contribution in [0.15, 0.2) is 70.5 Å². The summed E-state index contributed by atoms with van der Waals surface area (Å²) in [6, 6.07) is 18.2. The van der Waals surface area contributed by atoms with Crippen LogP contribution in [-0.2, 0) is 20.7 Å². The number of thiophene rings is 1. The molecule has 15 nitrogen and oxygen atoms in total. The van der Waals surface area contributed by atoms with E-state index in [0.29, 0.717) is 73.4 Å². The summed E-state index contributed by atoms with van der Waals surface area (Å²) in [5, 5.41) is 16.3. The third kappa shape index (κ3) is 8.21. The lowest BCUT2D eigenvalue weighted by molar-refractivity contribution is -0.121. The van der Waals surface area contributed by atoms with Crippen molar-refractivity contribution in [3.05, 3.63) is 121 Å². The van der Waals surface area contributed by atoms with Crippen molar-refractivity contribution >= 4 is 62.5 Å². The van der Waals surface area contributed by atoms with E-state index in [9.17, 15) is 14.4 Å². The Kier molecular flexibility index (Phi) is 11.6. The number of carbonyl (C=O) groups excluding carboxylic acids is 2. The number of hydrogen-bond donors (Lipinski definition) is 4. The molecule has 1 unspecified atom stereocenters. The van der Waals surface area contributed by atoms with Gasteiger partial charge in [-0.15, -0.1) is 21.5 Å². The van der Waals surface area contributed by atoms with Crippen LogP contribution in [-0.4, -0.2) is 91.3 Å². The number of halogens is 1. The maximum atomic E-state index is 13.2. The minimum atomic E-state index is -0.558. The van der Waals surface area contributed by atoms with Crippen molar-refractivity contribution in [3.63, 3.8) is 0 Å². The fourth-order valence-electron chi connectivity index (χ4n) is 7.26. The average molecular weight is 835 g/mol. The molecule has 59 heavy (non-hydrogen) atoms. The summed E-state index contributed by atoms with van der Waals surface area (Å²) in [5.41, 5.74) is 7.94. The molecule has 0 saturated carbocycles. The number of aromatic nitrogens is 7. The minimum Gasteiger partial charge on any atom is -0.377 e. The van der Waals surface area contributed by atoms with Gasteiger partial charge in [0, 0.05) is 51.8 Å². The molecule has 17 heteroatoms. The zero-order chi connectivity index (χ0) is 41.2. The number of aryl methyl sites for hydroxylation is 3. The van der Waals surface area contributed by atoms with Crippen molar-refractivity contribution < 1.29 is 19.1 Å². The Morgan fingerprint density at radius 2 is 1.63 bits per heavy atom. The van der Waals surface area contributed by atoms with Gasteiger partial charge in [-0.3, -0.25) is 23.7 Å². The van der Waals surface area contributed by atoms with Gasteiger partial charge in [-0.25, -0.2) is 9.78 Å². The summed E-state index contributed by atoms with van der Waals surface area (Å²) in [6.45, 7) is 10.0. The van der Waals surface area contributed by atoms with E-state index in [1.54, 1.807) is 23.5 Å². The molecule has 2 amide bonds. The highest BCUT2D eigenvalue weighted by atomic mass is 35.5. The SMILES string of the molecule is CCc1nc2cc(C(=O)NCCOCCOCCNC(=O)CC3N=C(c4ccc(Cl)cc4)c4c(sc(C)c4C)-n4c(C)nnc43)ccc2n1-c1ccc2[nH]c(=O)[nH]c2c1. The highest BCUT2D eigenvalue weighted by Gasteiger charge is 2.32. The number of H-pyrrole nitrogens is 2. The predicted molar refractivity (Wildman–Crippen MR) is 228 cm³/mol. The lowest BCUT2D eigenvalue weighted by atomic mass is 9.99. The Morgan fingerprint density at radius 1 is 0.881 bits per heavy atom. The van der Waals surface area contributed by atoms with E-state index in [1.165, 1.54) is 4.88 Å². The number of hydrogen-bond acceptors (Lipinski definition) is 10. The van der Waals surface area contributed by atoms with Crippen LogP contribution in [0.5, 0.6) is 0 Å². The number of fused-ring (bicyclic) bond motifs is 5. The zero-order valence-electron chi connectivity index (χ0n) is 33.0. The zero-order valence-corrected chi connectivity index (χ0v) is 34.6. The molecule has 4 N–H and O–H groups in total. The molecule has 304 valence electrons. The first-order valence-electron chi connectivity index (χ1n) is 19.4. The fraction of sp³-hybridized carbons (Fsp3) is 0.310. The molecular formula is C42H43ClN10O5S. The quantitative estimate of drug-likeness (QED) is 0.0929. The van der Waals surface area contributed by atoms with Gasteiger partial charge in [0.1, 0.15) is 22.7 Å². The Hall–Kier alpha value is -5.94. The number of nitrogens with one attached hydrogen (secondary N) is 4. The van der Waals surface area contributed by atoms with E-state index in [2.05, 4.69) is 44.6 Å². The Bertz CT molecular complexity index is 2780. The molecule has 1 atom stereocenters. The average Bonchev–Trinajstić information content (AvgIpc) is 3.96. The van der Waals surface area contributed by atoms with Gasteiger partial charge in [-0.05, 0) is 74.9 Å². The molecule has 0 bridgehead atoms. The van der Waals surface area contributed by atoms with Crippen molar-refractivity contribution in [2.75, 3.05) is 39.5 Å². The Labute approximate surface area is 347 Å². The van der Waals surface area contributed by atoms with Crippen LogP contribution in [0, 0.1) is 20.8 Å². The summed E-state index contributed by atoms with van der Waals surface area (Å²) < 4.78 is 15.4. The van der Waals surface area contributed by atoms with Gasteiger partial charge in [0.15, 0.2) is 5.82 Å². The summed E-state index contributed by atoms with van der Waals surface area (Å²) in [5.74, 6) is 1.78. The number of carbonyl (C=O) groups is 2. The smallest absolute Gasteiger partial charge is 0.323 e. The van der Waals surface area contributed by atoms with Gasteiger partial charge in [0.05, 0.1) is 60.6 Å². The molecule has 8 rings (SSSR count). The summed E-state index contributed by atoms with van der Waals surface area (Å²) in [6.07, 6.45) is 0.766. The van der Waals surface area contributed by atoms with Crippen LogP contribution in [0.2, 0.25) is 5.02 Å². The number of nitrogens with zero attached hydrogens (tertiary/aromatic N) is 6. The van der Waals surface area contributed by atoms with Crippen LogP contribution >= 0.6 is 22.9 Å². The van der Waals surface area contributed by atoms with Crippen LogP contribution < -0.4 is 16.3 Å². The van der Waals surface area contributed by atoms with Gasteiger partial charge in [-0.1, -0.05) is 30.7 Å².